The van der Waals surface area contributed by atoms with Crippen LogP contribution < -0.4 is 24.6 Å². The number of benzene rings is 4. The third kappa shape index (κ3) is 10.4. The minimum absolute atomic E-state index is 0. The molecule has 0 saturated heterocycles. The molecule has 1 aliphatic heterocycles. The maximum absolute atomic E-state index is 12.5. The summed E-state index contributed by atoms with van der Waals surface area (Å²) in [4.78, 5) is 4.87. The Morgan fingerprint density at radius 3 is 2.06 bits per heavy atom. The van der Waals surface area contributed by atoms with Gasteiger partial charge in [0.25, 0.3) is 0 Å². The van der Waals surface area contributed by atoms with Gasteiger partial charge in [0.15, 0.2) is 0 Å². The summed E-state index contributed by atoms with van der Waals surface area (Å²) in [7, 11) is -1.42. The number of nitriles is 1. The Bertz CT molecular complexity index is 1790. The first-order chi connectivity index (χ1) is 21.8. The summed E-state index contributed by atoms with van der Waals surface area (Å²) in [5.41, 5.74) is 11.8. The second-order valence-corrected chi connectivity index (χ2v) is 15.8. The minimum Gasteiger partial charge on any atom is -0.383 e. The first kappa shape index (κ1) is 43.2. The van der Waals surface area contributed by atoms with E-state index in [1.165, 1.54) is 11.1 Å². The van der Waals surface area contributed by atoms with E-state index in [0.717, 1.165) is 20.1 Å². The van der Waals surface area contributed by atoms with Crippen molar-refractivity contribution in [2.45, 2.75) is 66.2 Å². The van der Waals surface area contributed by atoms with E-state index < -0.39 is 15.7 Å². The second-order valence-electron chi connectivity index (χ2n) is 12.0. The molecule has 2 N–H and O–H groups in total. The largest absolute Gasteiger partial charge is 1.00 e. The number of hydrogen-bond acceptors (Lipinski definition) is 4. The standard InChI is InChI=1S/C18H17BrN2OS.C17H17BrN2.C3H7.CH4.Li/c1-18(2,3)23(22)21-17(13-8-6-9-15(19)11-13)16-10-5-4-7-14(16)12-20;1-11(2)17(12-6-5-7-13(18)10-12)15-9-4-3-8-14(15)16(19)20-17;1-3-2;;/h4-11H,1-3H3;3-11H,1-2H3,(H2,19,20);3H,1-2H3;1H4;/q;;-1;;+1. The van der Waals surface area contributed by atoms with Gasteiger partial charge in [-0.3, -0.25) is 4.99 Å². The Hall–Kier alpha value is -2.78. The first-order valence-corrected chi connectivity index (χ1v) is 17.7. The average Bonchev–Trinajstić information content (AvgIpc) is 3.33. The zero-order chi connectivity index (χ0) is 34.1. The summed E-state index contributed by atoms with van der Waals surface area (Å²) >= 11 is 7.01. The fraction of sp³-hybridized carbons (Fsp3) is 0.282. The van der Waals surface area contributed by atoms with E-state index >= 15 is 0 Å². The van der Waals surface area contributed by atoms with Crippen molar-refractivity contribution < 1.29 is 23.1 Å². The van der Waals surface area contributed by atoms with Crippen LogP contribution in [0.1, 0.15) is 89.3 Å². The third-order valence-corrected chi connectivity index (χ3v) is 9.49. The molecule has 0 amide bonds. The molecule has 5 rings (SSSR count). The summed E-state index contributed by atoms with van der Waals surface area (Å²) in [6.45, 7) is 14.0. The Labute approximate surface area is 319 Å². The van der Waals surface area contributed by atoms with Gasteiger partial charge in [-0.15, -0.1) is 0 Å². The summed E-state index contributed by atoms with van der Waals surface area (Å²) in [6, 6.07) is 33.6. The van der Waals surface area contributed by atoms with Crippen LogP contribution in [0.2, 0.25) is 0 Å². The van der Waals surface area contributed by atoms with Gasteiger partial charge in [-0.2, -0.15) is 23.5 Å². The van der Waals surface area contributed by atoms with Crippen LogP contribution in [-0.4, -0.2) is 20.5 Å². The van der Waals surface area contributed by atoms with E-state index in [0.29, 0.717) is 28.6 Å². The van der Waals surface area contributed by atoms with Gasteiger partial charge in [-0.25, -0.2) is 4.21 Å². The monoisotopic (exact) mass is 782 g/mol. The van der Waals surface area contributed by atoms with Crippen LogP contribution in [0.4, 0.5) is 0 Å². The van der Waals surface area contributed by atoms with Crippen molar-refractivity contribution in [3.63, 3.8) is 0 Å². The number of amidine groups is 1. The summed E-state index contributed by atoms with van der Waals surface area (Å²) < 4.78 is 18.5. The number of halogens is 2. The number of fused-ring (bicyclic) bond motifs is 1. The molecule has 4 aromatic carbocycles. The molecule has 0 saturated carbocycles. The van der Waals surface area contributed by atoms with E-state index in [1.54, 1.807) is 12.1 Å². The number of hydrogen-bond donors (Lipinski definition) is 1. The van der Waals surface area contributed by atoms with Crippen molar-refractivity contribution >= 4 is 54.4 Å². The Morgan fingerprint density at radius 2 is 1.50 bits per heavy atom. The molecule has 2 atom stereocenters. The molecule has 1 aliphatic rings. The molecule has 0 aliphatic carbocycles. The van der Waals surface area contributed by atoms with Gasteiger partial charge in [0.1, 0.15) is 22.4 Å². The van der Waals surface area contributed by atoms with Crippen molar-refractivity contribution in [3.8, 4) is 6.07 Å². The smallest absolute Gasteiger partial charge is 0.383 e. The van der Waals surface area contributed by atoms with E-state index in [-0.39, 0.29) is 31.8 Å². The SMILES string of the molecule is C.CC(C)(C)S(=O)N=C(c1cccc(Br)c1)c1ccccc1C#N.CC(C)C1(c2cccc(Br)c2)N=C(N)c2ccccc21.C[CH-]C.[Li+]. The van der Waals surface area contributed by atoms with Gasteiger partial charge in [0, 0.05) is 25.6 Å². The minimum atomic E-state index is -1.42. The van der Waals surface area contributed by atoms with Gasteiger partial charge >= 0.3 is 18.9 Å². The van der Waals surface area contributed by atoms with Crippen LogP contribution in [0.15, 0.2) is 115 Å². The summed E-state index contributed by atoms with van der Waals surface area (Å²) in [5, 5.41) is 9.37. The van der Waals surface area contributed by atoms with Crippen LogP contribution >= 0.6 is 31.9 Å². The van der Waals surface area contributed by atoms with E-state index in [9.17, 15) is 9.47 Å². The average molecular weight is 785 g/mol. The van der Waals surface area contributed by atoms with Crippen molar-refractivity contribution in [1.29, 1.82) is 5.26 Å². The molecular weight excluding hydrogens is 739 g/mol. The van der Waals surface area contributed by atoms with Crippen LogP contribution in [-0.2, 0) is 16.5 Å². The van der Waals surface area contributed by atoms with Crippen molar-refractivity contribution in [2.75, 3.05) is 0 Å². The normalized spacial score (nSPS) is 15.5. The van der Waals surface area contributed by atoms with Crippen molar-refractivity contribution in [2.24, 2.45) is 21.0 Å². The summed E-state index contributed by atoms with van der Waals surface area (Å²) in [6.07, 6.45) is 2.00. The number of nitrogens with zero attached hydrogens (tertiary/aromatic N) is 3. The molecule has 5 nitrogen and oxygen atoms in total. The topological polar surface area (TPSA) is 91.6 Å². The number of aliphatic imine (C=N–C) groups is 1. The van der Waals surface area contributed by atoms with Crippen LogP contribution in [0.25, 0.3) is 0 Å². The molecule has 0 fully saturated rings. The van der Waals surface area contributed by atoms with E-state index in [1.807, 2.05) is 89.6 Å². The molecule has 0 radical (unpaired) electrons. The van der Waals surface area contributed by atoms with E-state index in [2.05, 4.69) is 92.6 Å². The Kier molecular flexibility index (Phi) is 17.5. The van der Waals surface area contributed by atoms with Crippen molar-refractivity contribution in [3.05, 3.63) is 146 Å². The first-order valence-electron chi connectivity index (χ1n) is 15.0. The van der Waals surface area contributed by atoms with Gasteiger partial charge in [-0.05, 0) is 68.1 Å². The molecule has 9 heteroatoms. The predicted molar refractivity (Wildman–Crippen MR) is 208 cm³/mol. The zero-order valence-corrected chi connectivity index (χ0v) is 32.4. The summed E-state index contributed by atoms with van der Waals surface area (Å²) in [5.74, 6) is 0.952. The van der Waals surface area contributed by atoms with Gasteiger partial charge < -0.3 is 12.2 Å². The molecular formula is C39H45Br2LiN4OS. The number of nitrogens with two attached hydrogens (primary N) is 1. The Balaban J connectivity index is 0.000000430. The molecule has 48 heavy (non-hydrogen) atoms. The van der Waals surface area contributed by atoms with Crippen LogP contribution in [0.3, 0.4) is 0 Å². The molecule has 0 bridgehead atoms. The molecule has 2 unspecified atom stereocenters. The second kappa shape index (κ2) is 19.4. The zero-order valence-electron chi connectivity index (χ0n) is 28.4. The van der Waals surface area contributed by atoms with Crippen LogP contribution in [0.5, 0.6) is 0 Å². The van der Waals surface area contributed by atoms with Gasteiger partial charge in [0.2, 0.25) is 0 Å². The molecule has 0 aromatic heterocycles. The van der Waals surface area contributed by atoms with Crippen LogP contribution in [0, 0.1) is 23.7 Å². The maximum atomic E-state index is 12.5. The maximum Gasteiger partial charge on any atom is 1.00 e. The third-order valence-electron chi connectivity index (χ3n) is 7.11. The Morgan fingerprint density at radius 1 is 0.938 bits per heavy atom. The quantitative estimate of drug-likeness (QED) is 0.129. The molecule has 0 spiro atoms. The van der Waals surface area contributed by atoms with E-state index in [4.69, 9.17) is 10.7 Å². The molecule has 4 aromatic rings. The van der Waals surface area contributed by atoms with Crippen molar-refractivity contribution in [1.82, 2.24) is 0 Å². The molecule has 1 heterocycles. The van der Waals surface area contributed by atoms with Gasteiger partial charge in [-0.1, -0.05) is 120 Å². The fourth-order valence-electron chi connectivity index (χ4n) is 4.97. The fourth-order valence-corrected chi connectivity index (χ4v) is 6.41. The molecule has 248 valence electrons. The number of rotatable bonds is 5. The predicted octanol–water partition coefficient (Wildman–Crippen LogP) is 7.56. The van der Waals surface area contributed by atoms with Gasteiger partial charge in [0.05, 0.1) is 22.1 Å².